The zero-order valence-corrected chi connectivity index (χ0v) is 6.29. The van der Waals surface area contributed by atoms with Gasteiger partial charge in [0.2, 0.25) is 11.8 Å². The van der Waals surface area contributed by atoms with Gasteiger partial charge in [-0.1, -0.05) is 0 Å². The van der Waals surface area contributed by atoms with Crippen molar-refractivity contribution in [1.29, 1.82) is 0 Å². The number of nitrogens with zero attached hydrogens (tertiary/aromatic N) is 2. The summed E-state index contributed by atoms with van der Waals surface area (Å²) in [5.41, 5.74) is 0. The predicted octanol–water partition coefficient (Wildman–Crippen LogP) is 1.09. The van der Waals surface area contributed by atoms with E-state index in [0.29, 0.717) is 11.8 Å². The molecule has 1 aromatic heterocycles. The monoisotopic (exact) mass is 142 g/mol. The van der Waals surface area contributed by atoms with Gasteiger partial charge in [-0.2, -0.15) is 0 Å². The Hall–Kier alpha value is -0.900. The van der Waals surface area contributed by atoms with Crippen molar-refractivity contribution < 1.29 is 9.15 Å². The first-order valence-electron chi connectivity index (χ1n) is 3.07. The van der Waals surface area contributed by atoms with Crippen molar-refractivity contribution >= 4 is 0 Å². The van der Waals surface area contributed by atoms with E-state index >= 15 is 0 Å². The number of rotatable bonds is 2. The first-order valence-corrected chi connectivity index (χ1v) is 3.07. The van der Waals surface area contributed by atoms with Crippen LogP contribution in [0.3, 0.4) is 0 Å². The van der Waals surface area contributed by atoms with Gasteiger partial charge in [-0.05, 0) is 6.92 Å². The molecule has 0 bridgehead atoms. The van der Waals surface area contributed by atoms with Crippen molar-refractivity contribution in [2.24, 2.45) is 0 Å². The lowest BCUT2D eigenvalue weighted by Crippen LogP contribution is -1.95. The van der Waals surface area contributed by atoms with Gasteiger partial charge < -0.3 is 9.15 Å². The highest BCUT2D eigenvalue weighted by Crippen LogP contribution is 2.12. The fourth-order valence-electron chi connectivity index (χ4n) is 0.577. The van der Waals surface area contributed by atoms with Crippen molar-refractivity contribution in [3.63, 3.8) is 0 Å². The summed E-state index contributed by atoms with van der Waals surface area (Å²) >= 11 is 0. The molecule has 4 heteroatoms. The topological polar surface area (TPSA) is 48.2 Å². The van der Waals surface area contributed by atoms with Crippen molar-refractivity contribution in [1.82, 2.24) is 10.2 Å². The number of methoxy groups -OCH3 is 1. The predicted molar refractivity (Wildman–Crippen MR) is 34.5 cm³/mol. The Bertz CT molecular complexity index is 209. The standard InChI is InChI=1S/C6H10N2O2/c1-4(9-3)6-8-7-5(2)10-6/h4H,1-3H3/t4-/m1/s1. The molecule has 1 rings (SSSR count). The zero-order chi connectivity index (χ0) is 7.56. The minimum absolute atomic E-state index is 0.110. The molecule has 1 atom stereocenters. The highest BCUT2D eigenvalue weighted by atomic mass is 16.5. The molecule has 0 amide bonds. The van der Waals surface area contributed by atoms with Crippen LogP contribution in [0.4, 0.5) is 0 Å². The van der Waals surface area contributed by atoms with Crippen LogP contribution in [0.2, 0.25) is 0 Å². The van der Waals surface area contributed by atoms with E-state index in [1.54, 1.807) is 14.0 Å². The molecule has 4 nitrogen and oxygen atoms in total. The number of hydrogen-bond donors (Lipinski definition) is 0. The summed E-state index contributed by atoms with van der Waals surface area (Å²) in [6, 6.07) is 0. The first-order chi connectivity index (χ1) is 4.74. The smallest absolute Gasteiger partial charge is 0.244 e. The molecule has 0 N–H and O–H groups in total. The van der Waals surface area contributed by atoms with E-state index in [2.05, 4.69) is 10.2 Å². The number of hydrogen-bond acceptors (Lipinski definition) is 4. The van der Waals surface area contributed by atoms with Crippen LogP contribution in [0, 0.1) is 6.92 Å². The maximum absolute atomic E-state index is 5.09. The molecular formula is C6H10N2O2. The van der Waals surface area contributed by atoms with Crippen LogP contribution in [-0.2, 0) is 4.74 Å². The third-order valence-electron chi connectivity index (χ3n) is 1.24. The van der Waals surface area contributed by atoms with Gasteiger partial charge in [0.25, 0.3) is 0 Å². The molecule has 56 valence electrons. The lowest BCUT2D eigenvalue weighted by molar-refractivity contribution is 0.0939. The van der Waals surface area contributed by atoms with Gasteiger partial charge in [-0.15, -0.1) is 10.2 Å². The Kier molecular flexibility index (Phi) is 2.01. The third kappa shape index (κ3) is 1.33. The highest BCUT2D eigenvalue weighted by Gasteiger charge is 2.09. The van der Waals surface area contributed by atoms with E-state index in [9.17, 15) is 0 Å². The molecule has 0 aliphatic heterocycles. The minimum Gasteiger partial charge on any atom is -0.423 e. The van der Waals surface area contributed by atoms with Crippen molar-refractivity contribution in [2.45, 2.75) is 20.0 Å². The SMILES string of the molecule is CO[C@H](C)c1nnc(C)o1. The Morgan fingerprint density at radius 2 is 2.20 bits per heavy atom. The third-order valence-corrected chi connectivity index (χ3v) is 1.24. The van der Waals surface area contributed by atoms with Gasteiger partial charge in [-0.25, -0.2) is 0 Å². The molecule has 10 heavy (non-hydrogen) atoms. The average Bonchev–Trinajstić information content (AvgIpc) is 2.34. The molecule has 1 heterocycles. The van der Waals surface area contributed by atoms with E-state index < -0.39 is 0 Å². The molecule has 0 aliphatic carbocycles. The fourth-order valence-corrected chi connectivity index (χ4v) is 0.577. The molecule has 0 saturated carbocycles. The van der Waals surface area contributed by atoms with E-state index in [0.717, 1.165) is 0 Å². The quantitative estimate of drug-likeness (QED) is 0.620. The van der Waals surface area contributed by atoms with Crippen molar-refractivity contribution in [3.05, 3.63) is 11.8 Å². The molecular weight excluding hydrogens is 132 g/mol. The fraction of sp³-hybridized carbons (Fsp3) is 0.667. The van der Waals surface area contributed by atoms with Crippen LogP contribution in [-0.4, -0.2) is 17.3 Å². The summed E-state index contributed by atoms with van der Waals surface area (Å²) < 4.78 is 10.0. The zero-order valence-electron chi connectivity index (χ0n) is 6.29. The largest absolute Gasteiger partial charge is 0.423 e. The van der Waals surface area contributed by atoms with Crippen LogP contribution in [0.5, 0.6) is 0 Å². The van der Waals surface area contributed by atoms with Gasteiger partial charge in [0.05, 0.1) is 0 Å². The summed E-state index contributed by atoms with van der Waals surface area (Å²) in [5, 5.41) is 7.43. The lowest BCUT2D eigenvalue weighted by Gasteiger charge is -2.00. The lowest BCUT2D eigenvalue weighted by atomic mass is 10.4. The number of aryl methyl sites for hydroxylation is 1. The second-order valence-corrected chi connectivity index (χ2v) is 2.04. The van der Waals surface area contributed by atoms with Gasteiger partial charge in [0.15, 0.2) is 0 Å². The average molecular weight is 142 g/mol. The van der Waals surface area contributed by atoms with E-state index in [1.165, 1.54) is 0 Å². The van der Waals surface area contributed by atoms with Crippen LogP contribution >= 0.6 is 0 Å². The van der Waals surface area contributed by atoms with E-state index in [-0.39, 0.29) is 6.10 Å². The van der Waals surface area contributed by atoms with Crippen molar-refractivity contribution in [2.75, 3.05) is 7.11 Å². The molecule has 0 fully saturated rings. The molecule has 0 aromatic carbocycles. The maximum atomic E-state index is 5.09. The normalized spacial score (nSPS) is 13.5. The molecule has 0 saturated heterocycles. The van der Waals surface area contributed by atoms with Gasteiger partial charge in [0.1, 0.15) is 6.10 Å². The highest BCUT2D eigenvalue weighted by molar-refractivity contribution is 4.82. The Morgan fingerprint density at radius 1 is 1.50 bits per heavy atom. The summed E-state index contributed by atoms with van der Waals surface area (Å²) in [6.07, 6.45) is -0.110. The van der Waals surface area contributed by atoms with Gasteiger partial charge >= 0.3 is 0 Å². The number of aromatic nitrogens is 2. The second-order valence-electron chi connectivity index (χ2n) is 2.04. The molecule has 0 aliphatic rings. The van der Waals surface area contributed by atoms with Crippen LogP contribution in [0.15, 0.2) is 4.42 Å². The Morgan fingerprint density at radius 3 is 2.60 bits per heavy atom. The van der Waals surface area contributed by atoms with Crippen LogP contribution in [0.25, 0.3) is 0 Å². The second kappa shape index (κ2) is 2.79. The van der Waals surface area contributed by atoms with Gasteiger partial charge in [0, 0.05) is 14.0 Å². The van der Waals surface area contributed by atoms with E-state index in [4.69, 9.17) is 9.15 Å². The van der Waals surface area contributed by atoms with E-state index in [1.807, 2.05) is 6.92 Å². The summed E-state index contributed by atoms with van der Waals surface area (Å²) in [6.45, 7) is 3.60. The molecule has 0 unspecified atom stereocenters. The van der Waals surface area contributed by atoms with Gasteiger partial charge in [-0.3, -0.25) is 0 Å². The minimum atomic E-state index is -0.110. The summed E-state index contributed by atoms with van der Waals surface area (Å²) in [4.78, 5) is 0. The van der Waals surface area contributed by atoms with Crippen LogP contribution in [0.1, 0.15) is 24.8 Å². The first kappa shape index (κ1) is 7.21. The van der Waals surface area contributed by atoms with Crippen LogP contribution < -0.4 is 0 Å². The summed E-state index contributed by atoms with van der Waals surface area (Å²) in [7, 11) is 1.60. The number of ether oxygens (including phenoxy) is 1. The molecule has 0 spiro atoms. The Labute approximate surface area is 59.2 Å². The Balaban J connectivity index is 2.74. The van der Waals surface area contributed by atoms with Crippen molar-refractivity contribution in [3.8, 4) is 0 Å². The molecule has 1 aromatic rings. The molecule has 0 radical (unpaired) electrons. The maximum Gasteiger partial charge on any atom is 0.244 e. The summed E-state index contributed by atoms with van der Waals surface area (Å²) in [5.74, 6) is 1.10.